The van der Waals surface area contributed by atoms with Crippen LogP contribution in [-0.4, -0.2) is 171 Å². The fourth-order valence-electron chi connectivity index (χ4n) is 5.36. The van der Waals surface area contributed by atoms with E-state index in [0.29, 0.717) is 0 Å². The van der Waals surface area contributed by atoms with Crippen molar-refractivity contribution in [1.29, 1.82) is 0 Å². The van der Waals surface area contributed by atoms with Crippen molar-refractivity contribution in [3.8, 4) is 0 Å². The topological polar surface area (TPSA) is 341 Å². The van der Waals surface area contributed by atoms with E-state index in [-0.39, 0.29) is 13.0 Å². The third-order valence-corrected chi connectivity index (χ3v) is 8.03. The summed E-state index contributed by atoms with van der Waals surface area (Å²) >= 11 is 0. The molecule has 0 aliphatic carbocycles. The van der Waals surface area contributed by atoms with Gasteiger partial charge < -0.3 is 91.8 Å². The maximum Gasteiger partial charge on any atom is 0.321 e. The van der Waals surface area contributed by atoms with Gasteiger partial charge in [-0.2, -0.15) is 0 Å². The summed E-state index contributed by atoms with van der Waals surface area (Å²) in [5.74, 6) is -5.74. The standard InChI is InChI=1S/C23H40N4O16/c24-9-12(31)15(7(3-28)38-20(9)37)40-21-10(25)13(32)16(8(4-29)39-21)41-22-11(26)14(33)17(34)23(5-30,43-22)42-19(36)6-1-2-27-18(6)35/h6-17,20-22,28-34,37H,1-5,24-26H2,(H,27,35)/t6?,7-,8-,9-,10-,11-,12-,13-,14-,15?,16?,17+,20-,21+,22+,23+/m1/s1. The molecule has 0 spiro atoms. The number of aliphatic hydroxyl groups is 8. The third kappa shape index (κ3) is 6.51. The zero-order valence-electron chi connectivity index (χ0n) is 22.8. The van der Waals surface area contributed by atoms with Crippen LogP contribution in [0, 0.1) is 5.92 Å². The number of nitrogens with one attached hydrogen (secondary N) is 1. The van der Waals surface area contributed by atoms with Crippen LogP contribution in [0.3, 0.4) is 0 Å². The van der Waals surface area contributed by atoms with Crippen LogP contribution in [0.4, 0.5) is 0 Å². The maximum atomic E-state index is 12.7. The molecule has 15 N–H and O–H groups in total. The van der Waals surface area contributed by atoms with Crippen LogP contribution in [-0.2, 0) is 38.0 Å². The van der Waals surface area contributed by atoms with E-state index in [9.17, 15) is 50.4 Å². The van der Waals surface area contributed by atoms with Crippen LogP contribution in [0.25, 0.3) is 0 Å². The van der Waals surface area contributed by atoms with Crippen LogP contribution < -0.4 is 22.5 Å². The van der Waals surface area contributed by atoms with Gasteiger partial charge in [0.1, 0.15) is 61.4 Å². The van der Waals surface area contributed by atoms with Gasteiger partial charge in [0.2, 0.25) is 5.91 Å². The summed E-state index contributed by atoms with van der Waals surface area (Å²) in [5, 5.41) is 84.8. The van der Waals surface area contributed by atoms with Crippen molar-refractivity contribution in [2.45, 2.75) is 98.0 Å². The summed E-state index contributed by atoms with van der Waals surface area (Å²) in [6.45, 7) is -2.57. The molecule has 1 amide bonds. The molecule has 0 aromatic carbocycles. The molecule has 4 fully saturated rings. The monoisotopic (exact) mass is 628 g/mol. The van der Waals surface area contributed by atoms with Crippen molar-refractivity contribution < 1.29 is 78.9 Å². The quantitative estimate of drug-likeness (QED) is 0.0832. The molecular formula is C23H40N4O16. The lowest BCUT2D eigenvalue weighted by Crippen LogP contribution is -2.72. The summed E-state index contributed by atoms with van der Waals surface area (Å²) in [7, 11) is 0. The van der Waals surface area contributed by atoms with E-state index in [2.05, 4.69) is 5.32 Å². The van der Waals surface area contributed by atoms with Crippen molar-refractivity contribution >= 4 is 11.9 Å². The molecule has 0 bridgehead atoms. The van der Waals surface area contributed by atoms with E-state index >= 15 is 0 Å². The first-order valence-electron chi connectivity index (χ1n) is 13.6. The number of carbonyl (C=O) groups excluding carboxylic acids is 2. The van der Waals surface area contributed by atoms with Crippen LogP contribution >= 0.6 is 0 Å². The normalized spacial score (nSPS) is 49.0. The van der Waals surface area contributed by atoms with Gasteiger partial charge in [0, 0.05) is 6.54 Å². The molecule has 4 saturated heterocycles. The lowest BCUT2D eigenvalue weighted by Gasteiger charge is -2.50. The number of carbonyl (C=O) groups is 2. The summed E-state index contributed by atoms with van der Waals surface area (Å²) < 4.78 is 33.0. The summed E-state index contributed by atoms with van der Waals surface area (Å²) in [4.78, 5) is 24.6. The summed E-state index contributed by atoms with van der Waals surface area (Å²) in [6, 6.07) is -4.38. The van der Waals surface area contributed by atoms with E-state index in [1.807, 2.05) is 0 Å². The Balaban J connectivity index is 1.50. The van der Waals surface area contributed by atoms with Gasteiger partial charge in [-0.3, -0.25) is 9.59 Å². The number of esters is 1. The lowest BCUT2D eigenvalue weighted by molar-refractivity contribution is -0.399. The van der Waals surface area contributed by atoms with Crippen LogP contribution in [0.1, 0.15) is 6.42 Å². The van der Waals surface area contributed by atoms with Crippen molar-refractivity contribution in [2.24, 2.45) is 23.1 Å². The Labute approximate surface area is 244 Å². The Hall–Kier alpha value is -1.70. The summed E-state index contributed by atoms with van der Waals surface area (Å²) in [5.41, 5.74) is 17.8. The smallest absolute Gasteiger partial charge is 0.321 e. The van der Waals surface area contributed by atoms with Gasteiger partial charge in [-0.05, 0) is 6.42 Å². The van der Waals surface area contributed by atoms with Crippen LogP contribution in [0.15, 0.2) is 0 Å². The first kappa shape index (κ1) is 34.2. The fraction of sp³-hybridized carbons (Fsp3) is 0.913. The van der Waals surface area contributed by atoms with Gasteiger partial charge >= 0.3 is 5.97 Å². The second-order valence-electron chi connectivity index (χ2n) is 10.8. The number of amides is 1. The van der Waals surface area contributed by atoms with Gasteiger partial charge in [0.05, 0.1) is 31.3 Å². The van der Waals surface area contributed by atoms with E-state index in [1.54, 1.807) is 0 Å². The highest BCUT2D eigenvalue weighted by Gasteiger charge is 2.59. The number of hydrogen-bond donors (Lipinski definition) is 12. The molecule has 4 rings (SSSR count). The largest absolute Gasteiger partial charge is 0.427 e. The minimum Gasteiger partial charge on any atom is -0.427 e. The average molecular weight is 629 g/mol. The highest BCUT2D eigenvalue weighted by atomic mass is 16.8. The fourth-order valence-corrected chi connectivity index (χ4v) is 5.36. The SMILES string of the molecule is N[C@H]1[C@@H](OC2[C@@H](CO)O[C@@H](OC3[C@@H](CO)O[C@@H](O)[C@H](N)[C@H]3O)[C@H](N)[C@H]2O)O[C@](CO)(OC(=O)C2CCNC2=O)[C@@H](O)[C@@H]1O. The minimum absolute atomic E-state index is 0.0672. The number of hydrogen-bond acceptors (Lipinski definition) is 19. The van der Waals surface area contributed by atoms with E-state index < -0.39 is 129 Å². The molecule has 16 atom stereocenters. The van der Waals surface area contributed by atoms with Crippen LogP contribution in [0.2, 0.25) is 0 Å². The molecule has 0 aromatic rings. The van der Waals surface area contributed by atoms with E-state index in [4.69, 9.17) is 45.6 Å². The number of ether oxygens (including phenoxy) is 6. The Morgan fingerprint density at radius 1 is 0.860 bits per heavy atom. The molecule has 43 heavy (non-hydrogen) atoms. The van der Waals surface area contributed by atoms with Gasteiger partial charge in [-0.1, -0.05) is 0 Å². The van der Waals surface area contributed by atoms with Crippen molar-refractivity contribution in [1.82, 2.24) is 5.32 Å². The van der Waals surface area contributed by atoms with Crippen LogP contribution in [0.5, 0.6) is 0 Å². The molecule has 4 aliphatic rings. The molecule has 4 aliphatic heterocycles. The van der Waals surface area contributed by atoms with Gasteiger partial charge in [0.15, 0.2) is 18.9 Å². The van der Waals surface area contributed by atoms with Gasteiger partial charge in [-0.25, -0.2) is 0 Å². The summed E-state index contributed by atoms with van der Waals surface area (Å²) in [6.07, 6.45) is -18.0. The molecule has 0 aromatic heterocycles. The molecule has 0 saturated carbocycles. The second-order valence-corrected chi connectivity index (χ2v) is 10.8. The Morgan fingerprint density at radius 2 is 1.42 bits per heavy atom. The molecular weight excluding hydrogens is 588 g/mol. The molecule has 20 heteroatoms. The Kier molecular flexibility index (Phi) is 10.9. The molecule has 0 radical (unpaired) electrons. The van der Waals surface area contributed by atoms with Crippen molar-refractivity contribution in [2.75, 3.05) is 26.4 Å². The first-order valence-corrected chi connectivity index (χ1v) is 13.6. The molecule has 20 nitrogen and oxygen atoms in total. The van der Waals surface area contributed by atoms with Crippen molar-refractivity contribution in [3.05, 3.63) is 0 Å². The van der Waals surface area contributed by atoms with Gasteiger partial charge in [0.25, 0.3) is 5.79 Å². The lowest BCUT2D eigenvalue weighted by atomic mass is 9.93. The average Bonchev–Trinajstić information content (AvgIpc) is 3.43. The zero-order chi connectivity index (χ0) is 31.8. The predicted molar refractivity (Wildman–Crippen MR) is 133 cm³/mol. The maximum absolute atomic E-state index is 12.7. The second kappa shape index (κ2) is 13.7. The van der Waals surface area contributed by atoms with Gasteiger partial charge in [-0.15, -0.1) is 0 Å². The van der Waals surface area contributed by atoms with E-state index in [0.717, 1.165) is 0 Å². The van der Waals surface area contributed by atoms with E-state index in [1.165, 1.54) is 0 Å². The first-order chi connectivity index (χ1) is 20.3. The highest BCUT2D eigenvalue weighted by Crippen LogP contribution is 2.35. The predicted octanol–water partition coefficient (Wildman–Crippen LogP) is -8.67. The molecule has 248 valence electrons. The molecule has 4 heterocycles. The number of nitrogens with two attached hydrogens (primary N) is 3. The minimum atomic E-state index is -2.65. The number of aliphatic hydroxyl groups excluding tert-OH is 8. The highest BCUT2D eigenvalue weighted by molar-refractivity contribution is 5.99. The Morgan fingerprint density at radius 3 is 1.98 bits per heavy atom. The molecule has 3 unspecified atom stereocenters. The number of rotatable bonds is 9. The zero-order valence-corrected chi connectivity index (χ0v) is 22.8. The van der Waals surface area contributed by atoms with Crippen molar-refractivity contribution in [3.63, 3.8) is 0 Å². The Bertz CT molecular complexity index is 980. The third-order valence-electron chi connectivity index (χ3n) is 8.03.